The van der Waals surface area contributed by atoms with Crippen molar-refractivity contribution in [3.8, 4) is 0 Å². The van der Waals surface area contributed by atoms with Crippen molar-refractivity contribution in [2.75, 3.05) is 6.54 Å². The van der Waals surface area contributed by atoms with E-state index in [-0.39, 0.29) is 5.91 Å². The van der Waals surface area contributed by atoms with Crippen LogP contribution in [0.15, 0.2) is 29.8 Å². The molecule has 0 unspecified atom stereocenters. The van der Waals surface area contributed by atoms with Crippen LogP contribution in [0.25, 0.3) is 0 Å². The molecule has 0 atom stereocenters. The number of aryl methyl sites for hydroxylation is 1. The molecule has 0 bridgehead atoms. The fourth-order valence-corrected chi connectivity index (χ4v) is 2.60. The smallest absolute Gasteiger partial charge is 0.225 e. The van der Waals surface area contributed by atoms with Gasteiger partial charge in [-0.2, -0.15) is 0 Å². The minimum absolute atomic E-state index is 0.0429. The highest BCUT2D eigenvalue weighted by atomic mass is 35.5. The lowest BCUT2D eigenvalue weighted by Crippen LogP contribution is -2.27. The molecule has 3 nitrogen and oxygen atoms in total. The van der Waals surface area contributed by atoms with Crippen LogP contribution in [0, 0.1) is 6.92 Å². The Morgan fingerprint density at radius 2 is 2.11 bits per heavy atom. The number of carbonyl (C=O) groups excluding carboxylic acids is 1. The van der Waals surface area contributed by atoms with Crippen LogP contribution in [-0.2, 0) is 17.6 Å². The molecule has 0 aliphatic heterocycles. The van der Waals surface area contributed by atoms with Crippen LogP contribution in [0.5, 0.6) is 0 Å². The molecule has 0 saturated heterocycles. The summed E-state index contributed by atoms with van der Waals surface area (Å²) in [5.41, 5.74) is 3.88. The zero-order valence-electron chi connectivity index (χ0n) is 10.6. The maximum absolute atomic E-state index is 11.8. The average Bonchev–Trinajstić information content (AvgIpc) is 2.78. The Labute approximate surface area is 121 Å². The van der Waals surface area contributed by atoms with Crippen molar-refractivity contribution < 1.29 is 4.79 Å². The monoisotopic (exact) mass is 294 g/mol. The van der Waals surface area contributed by atoms with E-state index >= 15 is 0 Å². The van der Waals surface area contributed by atoms with Crippen LogP contribution >= 0.6 is 22.9 Å². The largest absolute Gasteiger partial charge is 0.355 e. The molecule has 1 N–H and O–H groups in total. The third kappa shape index (κ3) is 4.33. The van der Waals surface area contributed by atoms with Gasteiger partial charge < -0.3 is 5.32 Å². The molecule has 0 fully saturated rings. The van der Waals surface area contributed by atoms with Gasteiger partial charge in [0.15, 0.2) is 0 Å². The fourth-order valence-electron chi connectivity index (χ4n) is 1.70. The summed E-state index contributed by atoms with van der Waals surface area (Å²) in [5, 5.41) is 3.65. The molecule has 100 valence electrons. The van der Waals surface area contributed by atoms with E-state index in [0.29, 0.717) is 13.0 Å². The van der Waals surface area contributed by atoms with Crippen LogP contribution in [0.2, 0.25) is 5.02 Å². The van der Waals surface area contributed by atoms with E-state index in [4.69, 9.17) is 11.6 Å². The number of aromatic nitrogens is 1. The quantitative estimate of drug-likeness (QED) is 0.921. The molecule has 1 aromatic heterocycles. The summed E-state index contributed by atoms with van der Waals surface area (Å²) in [5.74, 6) is 0.0429. The van der Waals surface area contributed by atoms with Gasteiger partial charge in [-0.25, -0.2) is 4.98 Å². The number of amides is 1. The van der Waals surface area contributed by atoms with Crippen molar-refractivity contribution in [3.05, 3.63) is 50.9 Å². The second kappa shape index (κ2) is 6.68. The number of hydrogen-bond acceptors (Lipinski definition) is 3. The molecule has 19 heavy (non-hydrogen) atoms. The predicted octanol–water partition coefficient (Wildman–Crippen LogP) is 3.01. The highest BCUT2D eigenvalue weighted by Gasteiger charge is 2.07. The van der Waals surface area contributed by atoms with Gasteiger partial charge in [0.05, 0.1) is 17.6 Å². The van der Waals surface area contributed by atoms with E-state index in [0.717, 1.165) is 22.0 Å². The molecule has 1 aromatic carbocycles. The lowest BCUT2D eigenvalue weighted by molar-refractivity contribution is -0.120. The zero-order chi connectivity index (χ0) is 13.7. The van der Waals surface area contributed by atoms with Crippen molar-refractivity contribution in [2.45, 2.75) is 19.8 Å². The lowest BCUT2D eigenvalue weighted by Gasteiger charge is -2.05. The number of benzene rings is 1. The molecule has 0 spiro atoms. The van der Waals surface area contributed by atoms with Gasteiger partial charge >= 0.3 is 0 Å². The van der Waals surface area contributed by atoms with Crippen molar-refractivity contribution >= 4 is 28.8 Å². The number of nitrogens with zero attached hydrogens (tertiary/aromatic N) is 1. The second-order valence-electron chi connectivity index (χ2n) is 4.26. The summed E-state index contributed by atoms with van der Waals surface area (Å²) in [4.78, 5) is 16.9. The molecule has 0 saturated carbocycles. The minimum atomic E-state index is 0.0429. The van der Waals surface area contributed by atoms with Gasteiger partial charge in [0.25, 0.3) is 0 Å². The van der Waals surface area contributed by atoms with Gasteiger partial charge in [0.2, 0.25) is 5.91 Å². The number of rotatable bonds is 5. The Balaban J connectivity index is 1.75. The van der Waals surface area contributed by atoms with Crippen LogP contribution in [0.1, 0.15) is 16.1 Å². The maximum atomic E-state index is 11.8. The predicted molar refractivity (Wildman–Crippen MR) is 78.7 cm³/mol. The SMILES string of the molecule is Cc1ncsc1CC(=O)NCCc1ccc(Cl)cc1. The first-order valence-electron chi connectivity index (χ1n) is 6.05. The van der Waals surface area contributed by atoms with Gasteiger partial charge in [-0.15, -0.1) is 11.3 Å². The summed E-state index contributed by atoms with van der Waals surface area (Å²) in [7, 11) is 0. The summed E-state index contributed by atoms with van der Waals surface area (Å²) in [6.45, 7) is 2.56. The molecule has 5 heteroatoms. The van der Waals surface area contributed by atoms with Gasteiger partial charge in [0, 0.05) is 16.4 Å². The number of thiazole rings is 1. The number of carbonyl (C=O) groups is 1. The van der Waals surface area contributed by atoms with Crippen LogP contribution in [-0.4, -0.2) is 17.4 Å². The molecule has 2 aromatic rings. The van der Waals surface area contributed by atoms with Crippen LogP contribution in [0.3, 0.4) is 0 Å². The number of halogens is 1. The van der Waals surface area contributed by atoms with Crippen molar-refractivity contribution in [1.29, 1.82) is 0 Å². The first-order chi connectivity index (χ1) is 9.15. The Morgan fingerprint density at radius 1 is 1.37 bits per heavy atom. The second-order valence-corrected chi connectivity index (χ2v) is 5.64. The van der Waals surface area contributed by atoms with E-state index in [1.807, 2.05) is 31.2 Å². The van der Waals surface area contributed by atoms with Gasteiger partial charge in [0.1, 0.15) is 0 Å². The average molecular weight is 295 g/mol. The number of hydrogen-bond donors (Lipinski definition) is 1. The van der Waals surface area contributed by atoms with Gasteiger partial charge in [-0.3, -0.25) is 4.79 Å². The fraction of sp³-hybridized carbons (Fsp3) is 0.286. The molecule has 1 heterocycles. The van der Waals surface area contributed by atoms with E-state index in [2.05, 4.69) is 10.3 Å². The van der Waals surface area contributed by atoms with Crippen LogP contribution in [0.4, 0.5) is 0 Å². The van der Waals surface area contributed by atoms with E-state index in [1.165, 1.54) is 16.9 Å². The third-order valence-electron chi connectivity index (χ3n) is 2.82. The lowest BCUT2D eigenvalue weighted by atomic mass is 10.1. The first kappa shape index (κ1) is 14.0. The summed E-state index contributed by atoms with van der Waals surface area (Å²) < 4.78 is 0. The zero-order valence-corrected chi connectivity index (χ0v) is 12.2. The Kier molecular flexibility index (Phi) is 4.93. The Morgan fingerprint density at radius 3 is 2.74 bits per heavy atom. The molecular weight excluding hydrogens is 280 g/mol. The normalized spacial score (nSPS) is 10.4. The molecule has 0 radical (unpaired) electrons. The maximum Gasteiger partial charge on any atom is 0.225 e. The Bertz CT molecular complexity index is 551. The summed E-state index contributed by atoms with van der Waals surface area (Å²) in [6.07, 6.45) is 1.22. The van der Waals surface area contributed by atoms with E-state index in [1.54, 1.807) is 5.51 Å². The highest BCUT2D eigenvalue weighted by Crippen LogP contribution is 2.12. The molecule has 0 aliphatic carbocycles. The molecular formula is C14H15ClN2OS. The van der Waals surface area contributed by atoms with E-state index in [9.17, 15) is 4.79 Å². The highest BCUT2D eigenvalue weighted by molar-refractivity contribution is 7.09. The van der Waals surface area contributed by atoms with Crippen molar-refractivity contribution in [2.24, 2.45) is 0 Å². The Hall–Kier alpha value is -1.39. The molecule has 1 amide bonds. The van der Waals surface area contributed by atoms with Crippen molar-refractivity contribution in [1.82, 2.24) is 10.3 Å². The number of nitrogens with one attached hydrogen (secondary N) is 1. The van der Waals surface area contributed by atoms with Crippen molar-refractivity contribution in [3.63, 3.8) is 0 Å². The topological polar surface area (TPSA) is 42.0 Å². The van der Waals surface area contributed by atoms with Crippen LogP contribution < -0.4 is 5.32 Å². The standard InChI is InChI=1S/C14H15ClN2OS/c1-10-13(19-9-17-10)8-14(18)16-7-6-11-2-4-12(15)5-3-11/h2-5,9H,6-8H2,1H3,(H,16,18). The molecule has 0 aliphatic rings. The first-order valence-corrected chi connectivity index (χ1v) is 7.31. The van der Waals surface area contributed by atoms with Gasteiger partial charge in [-0.1, -0.05) is 23.7 Å². The minimum Gasteiger partial charge on any atom is -0.355 e. The third-order valence-corrected chi connectivity index (χ3v) is 4.00. The summed E-state index contributed by atoms with van der Waals surface area (Å²) >= 11 is 7.34. The van der Waals surface area contributed by atoms with Gasteiger partial charge in [-0.05, 0) is 31.0 Å². The van der Waals surface area contributed by atoms with E-state index < -0.39 is 0 Å². The molecule has 2 rings (SSSR count). The summed E-state index contributed by atoms with van der Waals surface area (Å²) in [6, 6.07) is 7.67.